The molecule has 2 rings (SSSR count). The quantitative estimate of drug-likeness (QED) is 0.777. The Bertz CT molecular complexity index is 494. The first kappa shape index (κ1) is 12.6. The van der Waals surface area contributed by atoms with E-state index < -0.39 is 0 Å². The maximum absolute atomic E-state index is 11.6. The van der Waals surface area contributed by atoms with Crippen LogP contribution in [0, 0.1) is 0 Å². The fourth-order valence-electron chi connectivity index (χ4n) is 1.75. The third-order valence-corrected chi connectivity index (χ3v) is 2.96. The van der Waals surface area contributed by atoms with Gasteiger partial charge in [0.2, 0.25) is 0 Å². The van der Waals surface area contributed by atoms with Crippen molar-refractivity contribution in [1.29, 1.82) is 0 Å². The molecule has 1 aromatic rings. The van der Waals surface area contributed by atoms with Crippen LogP contribution in [0.25, 0.3) is 0 Å². The summed E-state index contributed by atoms with van der Waals surface area (Å²) in [6, 6.07) is 1.42. The van der Waals surface area contributed by atoms with Gasteiger partial charge >= 0.3 is 5.97 Å². The van der Waals surface area contributed by atoms with Crippen molar-refractivity contribution in [3.63, 3.8) is 0 Å². The van der Waals surface area contributed by atoms with Crippen molar-refractivity contribution in [1.82, 2.24) is 9.97 Å². The molecule has 1 fully saturated rings. The van der Waals surface area contributed by atoms with Crippen LogP contribution in [0.5, 0.6) is 0 Å². The highest BCUT2D eigenvalue weighted by atomic mass is 16.5. The number of likely N-dealkylation sites (N-methyl/N-ethyl adjacent to an activating group) is 1. The average Bonchev–Trinajstić information content (AvgIpc) is 3.18. The summed E-state index contributed by atoms with van der Waals surface area (Å²) in [7, 11) is 1.34. The molecule has 1 aromatic heterocycles. The Kier molecular flexibility index (Phi) is 3.64. The van der Waals surface area contributed by atoms with Crippen LogP contribution in [0.4, 0.5) is 5.82 Å². The normalized spacial score (nSPS) is 14.3. The van der Waals surface area contributed by atoms with Gasteiger partial charge in [0, 0.05) is 18.5 Å². The third kappa shape index (κ3) is 2.88. The molecule has 0 aliphatic heterocycles. The number of aromatic nitrogens is 2. The molecule has 0 aromatic carbocycles. The Morgan fingerprint density at radius 1 is 1.61 bits per heavy atom. The van der Waals surface area contributed by atoms with Crippen LogP contribution in [0.2, 0.25) is 0 Å². The Morgan fingerprint density at radius 2 is 2.33 bits per heavy atom. The Labute approximate surface area is 105 Å². The molecular formula is C12H17N3O3. The van der Waals surface area contributed by atoms with Gasteiger partial charge in [-0.3, -0.25) is 9.59 Å². The predicted molar refractivity (Wildman–Crippen MR) is 66.7 cm³/mol. The molecule has 0 radical (unpaired) electrons. The summed E-state index contributed by atoms with van der Waals surface area (Å²) >= 11 is 0. The lowest BCUT2D eigenvalue weighted by Crippen LogP contribution is -2.32. The van der Waals surface area contributed by atoms with E-state index in [-0.39, 0.29) is 18.1 Å². The first-order valence-corrected chi connectivity index (χ1v) is 6.07. The second-order valence-corrected chi connectivity index (χ2v) is 4.35. The number of hydrogen-bond acceptors (Lipinski definition) is 5. The molecule has 1 heterocycles. The third-order valence-electron chi connectivity index (χ3n) is 2.96. The van der Waals surface area contributed by atoms with Crippen molar-refractivity contribution in [2.45, 2.75) is 25.7 Å². The zero-order chi connectivity index (χ0) is 13.1. The molecule has 0 atom stereocenters. The number of carbonyl (C=O) groups is 1. The van der Waals surface area contributed by atoms with Gasteiger partial charge in [-0.05, 0) is 19.8 Å². The molecule has 0 bridgehead atoms. The molecule has 1 saturated carbocycles. The van der Waals surface area contributed by atoms with Crippen LogP contribution in [-0.2, 0) is 9.53 Å². The average molecular weight is 251 g/mol. The zero-order valence-corrected chi connectivity index (χ0v) is 10.6. The van der Waals surface area contributed by atoms with Crippen molar-refractivity contribution in [2.24, 2.45) is 0 Å². The maximum atomic E-state index is 11.6. The van der Waals surface area contributed by atoms with Gasteiger partial charge < -0.3 is 14.6 Å². The van der Waals surface area contributed by atoms with Crippen LogP contribution in [-0.4, -0.2) is 36.1 Å². The van der Waals surface area contributed by atoms with Crippen molar-refractivity contribution in [2.75, 3.05) is 25.1 Å². The number of rotatable bonds is 5. The summed E-state index contributed by atoms with van der Waals surface area (Å²) in [6.07, 6.45) is 2.13. The topological polar surface area (TPSA) is 75.3 Å². The number of hydrogen-bond donors (Lipinski definition) is 1. The predicted octanol–water partition coefficient (Wildman–Crippen LogP) is 0.647. The summed E-state index contributed by atoms with van der Waals surface area (Å²) in [5.41, 5.74) is -0.176. The Morgan fingerprint density at radius 3 is 2.89 bits per heavy atom. The standard InChI is InChI=1S/C12H17N3O3/c1-3-15(7-11(17)18-2)9-6-10(16)14-12(13-9)8-4-5-8/h6,8H,3-5,7H2,1-2H3,(H,13,14,16). The van der Waals surface area contributed by atoms with E-state index in [1.54, 1.807) is 4.90 Å². The van der Waals surface area contributed by atoms with Gasteiger partial charge in [-0.2, -0.15) is 0 Å². The Balaban J connectivity index is 2.23. The van der Waals surface area contributed by atoms with Crippen LogP contribution in [0.3, 0.4) is 0 Å². The monoisotopic (exact) mass is 251 g/mol. The van der Waals surface area contributed by atoms with E-state index in [1.165, 1.54) is 13.2 Å². The highest BCUT2D eigenvalue weighted by molar-refractivity contribution is 5.75. The van der Waals surface area contributed by atoms with Crippen LogP contribution in [0.15, 0.2) is 10.9 Å². The summed E-state index contributed by atoms with van der Waals surface area (Å²) in [5, 5.41) is 0. The fraction of sp³-hybridized carbons (Fsp3) is 0.583. The molecule has 1 aliphatic carbocycles. The summed E-state index contributed by atoms with van der Waals surface area (Å²) in [6.45, 7) is 2.60. The molecule has 0 saturated heterocycles. The van der Waals surface area contributed by atoms with Crippen molar-refractivity contribution >= 4 is 11.8 Å². The maximum Gasteiger partial charge on any atom is 0.325 e. The molecule has 6 nitrogen and oxygen atoms in total. The summed E-state index contributed by atoms with van der Waals surface area (Å²) in [4.78, 5) is 31.8. The van der Waals surface area contributed by atoms with E-state index in [9.17, 15) is 9.59 Å². The van der Waals surface area contributed by atoms with Gasteiger partial charge in [0.15, 0.2) is 0 Å². The minimum absolute atomic E-state index is 0.105. The van der Waals surface area contributed by atoms with E-state index in [0.717, 1.165) is 18.7 Å². The van der Waals surface area contributed by atoms with Crippen molar-refractivity contribution < 1.29 is 9.53 Å². The minimum Gasteiger partial charge on any atom is -0.468 e. The number of nitrogens with zero attached hydrogens (tertiary/aromatic N) is 2. The molecule has 0 unspecified atom stereocenters. The summed E-state index contributed by atoms with van der Waals surface area (Å²) < 4.78 is 4.63. The van der Waals surface area contributed by atoms with Crippen LogP contribution >= 0.6 is 0 Å². The molecular weight excluding hydrogens is 234 g/mol. The van der Waals surface area contributed by atoms with Crippen LogP contribution in [0.1, 0.15) is 31.5 Å². The van der Waals surface area contributed by atoms with Gasteiger partial charge in [0.1, 0.15) is 18.2 Å². The van der Waals surface area contributed by atoms with Gasteiger partial charge in [-0.1, -0.05) is 0 Å². The number of anilines is 1. The number of H-pyrrole nitrogens is 1. The molecule has 0 spiro atoms. The van der Waals surface area contributed by atoms with E-state index in [1.807, 2.05) is 6.92 Å². The van der Waals surface area contributed by atoms with Gasteiger partial charge in [-0.15, -0.1) is 0 Å². The molecule has 1 aliphatic rings. The second-order valence-electron chi connectivity index (χ2n) is 4.35. The number of methoxy groups -OCH3 is 1. The van der Waals surface area contributed by atoms with E-state index in [4.69, 9.17) is 0 Å². The lowest BCUT2D eigenvalue weighted by atomic mass is 10.3. The van der Waals surface area contributed by atoms with E-state index in [0.29, 0.717) is 18.3 Å². The zero-order valence-electron chi connectivity index (χ0n) is 10.6. The SMILES string of the molecule is CCN(CC(=O)OC)c1cc(=O)[nH]c(C2CC2)n1. The number of ether oxygens (including phenoxy) is 1. The number of aromatic amines is 1. The Hall–Kier alpha value is -1.85. The number of carbonyl (C=O) groups excluding carboxylic acids is 1. The fourth-order valence-corrected chi connectivity index (χ4v) is 1.75. The molecule has 1 N–H and O–H groups in total. The van der Waals surface area contributed by atoms with E-state index in [2.05, 4.69) is 14.7 Å². The number of nitrogens with one attached hydrogen (secondary N) is 1. The van der Waals surface area contributed by atoms with Gasteiger partial charge in [0.25, 0.3) is 5.56 Å². The van der Waals surface area contributed by atoms with Crippen LogP contribution < -0.4 is 10.5 Å². The highest BCUT2D eigenvalue weighted by Crippen LogP contribution is 2.37. The molecule has 98 valence electrons. The lowest BCUT2D eigenvalue weighted by Gasteiger charge is -2.20. The van der Waals surface area contributed by atoms with Crippen molar-refractivity contribution in [3.8, 4) is 0 Å². The lowest BCUT2D eigenvalue weighted by molar-refractivity contribution is -0.138. The smallest absolute Gasteiger partial charge is 0.325 e. The van der Waals surface area contributed by atoms with Gasteiger partial charge in [-0.25, -0.2) is 4.98 Å². The van der Waals surface area contributed by atoms with Crippen molar-refractivity contribution in [3.05, 3.63) is 22.2 Å². The highest BCUT2D eigenvalue weighted by Gasteiger charge is 2.27. The second kappa shape index (κ2) is 5.20. The van der Waals surface area contributed by atoms with Gasteiger partial charge in [0.05, 0.1) is 7.11 Å². The molecule has 18 heavy (non-hydrogen) atoms. The first-order valence-electron chi connectivity index (χ1n) is 6.07. The molecule has 6 heteroatoms. The van der Waals surface area contributed by atoms with E-state index >= 15 is 0 Å². The first-order chi connectivity index (χ1) is 8.63. The minimum atomic E-state index is -0.341. The molecule has 0 amide bonds. The summed E-state index contributed by atoms with van der Waals surface area (Å²) in [5.74, 6) is 1.29. The number of esters is 1. The largest absolute Gasteiger partial charge is 0.468 e.